The van der Waals surface area contributed by atoms with Crippen LogP contribution in [0.4, 0.5) is 11.6 Å². The van der Waals surface area contributed by atoms with Crippen LogP contribution >= 0.6 is 0 Å². The molecule has 6 heteroatoms. The van der Waals surface area contributed by atoms with Gasteiger partial charge in [-0.3, -0.25) is 0 Å². The van der Waals surface area contributed by atoms with Crippen molar-refractivity contribution in [2.45, 2.75) is 19.4 Å². The van der Waals surface area contributed by atoms with Gasteiger partial charge in [-0.15, -0.1) is 0 Å². The van der Waals surface area contributed by atoms with Crippen LogP contribution in [0.5, 0.6) is 5.75 Å². The normalized spacial score (nSPS) is 12.2. The summed E-state index contributed by atoms with van der Waals surface area (Å²) in [5, 5.41) is 11.9. The molecule has 1 atom stereocenters. The molecule has 0 aliphatic rings. The minimum absolute atomic E-state index is 0.0956. The molecule has 4 N–H and O–H groups in total. The highest BCUT2D eigenvalue weighted by Crippen LogP contribution is 2.26. The first kappa shape index (κ1) is 11.5. The van der Waals surface area contributed by atoms with Crippen LogP contribution in [0.25, 0.3) is 0 Å². The number of nitrogen functional groups attached to an aromatic ring is 1. The Morgan fingerprint density at radius 2 is 2.33 bits per heavy atom. The van der Waals surface area contributed by atoms with E-state index in [9.17, 15) is 0 Å². The molecule has 84 valence electrons. The van der Waals surface area contributed by atoms with Crippen molar-refractivity contribution in [3.05, 3.63) is 6.33 Å². The van der Waals surface area contributed by atoms with Gasteiger partial charge in [-0.2, -0.15) is 0 Å². The fourth-order valence-electron chi connectivity index (χ4n) is 1.19. The minimum Gasteiger partial charge on any atom is -0.490 e. The molecule has 0 aliphatic heterocycles. The molecule has 1 aromatic heterocycles. The third-order valence-corrected chi connectivity index (χ3v) is 1.98. The van der Waals surface area contributed by atoms with Gasteiger partial charge in [-0.25, -0.2) is 9.97 Å². The third-order valence-electron chi connectivity index (χ3n) is 1.98. The summed E-state index contributed by atoms with van der Waals surface area (Å²) in [5.41, 5.74) is 5.62. The number of aliphatic hydroxyl groups excluding tert-OH is 1. The van der Waals surface area contributed by atoms with Crippen LogP contribution in [0, 0.1) is 0 Å². The van der Waals surface area contributed by atoms with Crippen molar-refractivity contribution in [1.29, 1.82) is 0 Å². The van der Waals surface area contributed by atoms with Crippen molar-refractivity contribution in [2.75, 3.05) is 24.8 Å². The first-order valence-electron chi connectivity index (χ1n) is 4.71. The quantitative estimate of drug-likeness (QED) is 0.647. The van der Waals surface area contributed by atoms with Gasteiger partial charge in [-0.05, 0) is 13.3 Å². The van der Waals surface area contributed by atoms with Crippen molar-refractivity contribution in [2.24, 2.45) is 0 Å². The predicted octanol–water partition coefficient (Wildman–Crippen LogP) is 0.250. The number of methoxy groups -OCH3 is 1. The molecule has 1 unspecified atom stereocenters. The molecule has 0 bridgehead atoms. The van der Waals surface area contributed by atoms with E-state index in [1.807, 2.05) is 6.92 Å². The van der Waals surface area contributed by atoms with Crippen molar-refractivity contribution >= 4 is 11.6 Å². The van der Waals surface area contributed by atoms with Crippen molar-refractivity contribution < 1.29 is 9.84 Å². The van der Waals surface area contributed by atoms with Crippen LogP contribution in [0.1, 0.15) is 13.3 Å². The van der Waals surface area contributed by atoms with Crippen LogP contribution in [-0.2, 0) is 0 Å². The molecule has 0 amide bonds. The van der Waals surface area contributed by atoms with E-state index in [0.29, 0.717) is 23.8 Å². The van der Waals surface area contributed by atoms with E-state index in [4.69, 9.17) is 15.6 Å². The molecule has 6 nitrogen and oxygen atoms in total. The zero-order valence-electron chi connectivity index (χ0n) is 8.90. The maximum Gasteiger partial charge on any atom is 0.203 e. The Morgan fingerprint density at radius 3 is 2.93 bits per heavy atom. The lowest BCUT2D eigenvalue weighted by Crippen LogP contribution is -2.18. The second-order valence-corrected chi connectivity index (χ2v) is 3.20. The average Bonchev–Trinajstić information content (AvgIpc) is 2.18. The molecule has 15 heavy (non-hydrogen) atoms. The summed E-state index contributed by atoms with van der Waals surface area (Å²) in [5.74, 6) is 1.28. The number of ether oxygens (including phenoxy) is 1. The highest BCUT2D eigenvalue weighted by atomic mass is 16.5. The molecule has 0 aliphatic carbocycles. The van der Waals surface area contributed by atoms with Crippen molar-refractivity contribution in [1.82, 2.24) is 9.97 Å². The van der Waals surface area contributed by atoms with Gasteiger partial charge in [-0.1, -0.05) is 0 Å². The van der Waals surface area contributed by atoms with Crippen LogP contribution in [-0.4, -0.2) is 34.8 Å². The SMILES string of the molecule is COc1c(N)ncnc1NC(C)CCO. The number of nitrogens with one attached hydrogen (secondary N) is 1. The Balaban J connectivity index is 2.80. The average molecular weight is 212 g/mol. The first-order chi connectivity index (χ1) is 7.19. The molecule has 0 fully saturated rings. The fraction of sp³-hybridized carbons (Fsp3) is 0.556. The number of rotatable bonds is 5. The molecule has 0 saturated carbocycles. The third kappa shape index (κ3) is 2.95. The lowest BCUT2D eigenvalue weighted by Gasteiger charge is -2.15. The Morgan fingerprint density at radius 1 is 1.60 bits per heavy atom. The fourth-order valence-corrected chi connectivity index (χ4v) is 1.19. The number of aromatic nitrogens is 2. The summed E-state index contributed by atoms with van der Waals surface area (Å²) < 4.78 is 5.08. The molecule has 0 aromatic carbocycles. The van der Waals surface area contributed by atoms with Gasteiger partial charge in [0.2, 0.25) is 5.75 Å². The van der Waals surface area contributed by atoms with E-state index in [2.05, 4.69) is 15.3 Å². The Labute approximate surface area is 88.5 Å². The Kier molecular flexibility index (Phi) is 4.11. The van der Waals surface area contributed by atoms with Gasteiger partial charge in [0.1, 0.15) is 6.33 Å². The zero-order chi connectivity index (χ0) is 11.3. The van der Waals surface area contributed by atoms with E-state index in [1.165, 1.54) is 13.4 Å². The maximum absolute atomic E-state index is 8.77. The van der Waals surface area contributed by atoms with E-state index < -0.39 is 0 Å². The smallest absolute Gasteiger partial charge is 0.203 e. The first-order valence-corrected chi connectivity index (χ1v) is 4.71. The minimum atomic E-state index is 0.0956. The predicted molar refractivity (Wildman–Crippen MR) is 57.8 cm³/mol. The molecular formula is C9H16N4O2. The van der Waals surface area contributed by atoms with Crippen LogP contribution < -0.4 is 15.8 Å². The van der Waals surface area contributed by atoms with Crippen molar-refractivity contribution in [3.8, 4) is 5.75 Å². The summed E-state index contributed by atoms with van der Waals surface area (Å²) in [4.78, 5) is 7.84. The topological polar surface area (TPSA) is 93.3 Å². The molecule has 1 aromatic rings. The summed E-state index contributed by atoms with van der Waals surface area (Å²) in [7, 11) is 1.51. The number of hydrogen-bond donors (Lipinski definition) is 3. The van der Waals surface area contributed by atoms with E-state index >= 15 is 0 Å². The lowest BCUT2D eigenvalue weighted by atomic mass is 10.2. The number of nitrogens with two attached hydrogens (primary N) is 1. The molecule has 0 spiro atoms. The van der Waals surface area contributed by atoms with E-state index in [-0.39, 0.29) is 12.6 Å². The molecule has 1 heterocycles. The summed E-state index contributed by atoms with van der Waals surface area (Å²) in [6.45, 7) is 2.06. The summed E-state index contributed by atoms with van der Waals surface area (Å²) in [6.07, 6.45) is 2.00. The standard InChI is InChI=1S/C9H16N4O2/c1-6(3-4-14)13-9-7(15-2)8(10)11-5-12-9/h5-6,14H,3-4H2,1-2H3,(H3,10,11,12,13). The maximum atomic E-state index is 8.77. The van der Waals surface area contributed by atoms with Gasteiger partial charge in [0.25, 0.3) is 0 Å². The Hall–Kier alpha value is -1.56. The zero-order valence-corrected chi connectivity index (χ0v) is 8.90. The number of nitrogens with zero attached hydrogens (tertiary/aromatic N) is 2. The van der Waals surface area contributed by atoms with Gasteiger partial charge >= 0.3 is 0 Å². The number of hydrogen-bond acceptors (Lipinski definition) is 6. The molecule has 0 radical (unpaired) electrons. The lowest BCUT2D eigenvalue weighted by molar-refractivity contribution is 0.282. The van der Waals surface area contributed by atoms with Crippen LogP contribution in [0.15, 0.2) is 6.33 Å². The van der Waals surface area contributed by atoms with E-state index in [0.717, 1.165) is 0 Å². The second kappa shape index (κ2) is 5.35. The summed E-state index contributed by atoms with van der Waals surface area (Å²) in [6, 6.07) is 0.0956. The van der Waals surface area contributed by atoms with Gasteiger partial charge in [0.15, 0.2) is 11.6 Å². The highest BCUT2D eigenvalue weighted by molar-refractivity contribution is 5.61. The highest BCUT2D eigenvalue weighted by Gasteiger charge is 2.11. The van der Waals surface area contributed by atoms with Gasteiger partial charge in [0.05, 0.1) is 7.11 Å². The van der Waals surface area contributed by atoms with Gasteiger partial charge in [0, 0.05) is 12.6 Å². The van der Waals surface area contributed by atoms with Crippen LogP contribution in [0.2, 0.25) is 0 Å². The monoisotopic (exact) mass is 212 g/mol. The molecule has 1 rings (SSSR count). The largest absolute Gasteiger partial charge is 0.490 e. The number of aliphatic hydroxyl groups is 1. The second-order valence-electron chi connectivity index (χ2n) is 3.20. The van der Waals surface area contributed by atoms with Crippen molar-refractivity contribution in [3.63, 3.8) is 0 Å². The molecular weight excluding hydrogens is 196 g/mol. The van der Waals surface area contributed by atoms with Gasteiger partial charge < -0.3 is 20.9 Å². The molecule has 0 saturated heterocycles. The summed E-state index contributed by atoms with van der Waals surface area (Å²) >= 11 is 0. The van der Waals surface area contributed by atoms with E-state index in [1.54, 1.807) is 0 Å². The van der Waals surface area contributed by atoms with Crippen LogP contribution in [0.3, 0.4) is 0 Å². The number of anilines is 2. The Bertz CT molecular complexity index is 319.